The summed E-state index contributed by atoms with van der Waals surface area (Å²) in [6.45, 7) is 0. The third kappa shape index (κ3) is 2.65. The summed E-state index contributed by atoms with van der Waals surface area (Å²) in [4.78, 5) is 16.1. The molecular weight excluding hydrogens is 323 g/mol. The molecule has 1 aromatic heterocycles. The number of amides is 1. The van der Waals surface area contributed by atoms with Gasteiger partial charge >= 0.3 is 6.18 Å². The van der Waals surface area contributed by atoms with Gasteiger partial charge in [-0.05, 0) is 17.7 Å². The van der Waals surface area contributed by atoms with Gasteiger partial charge < -0.3 is 5.11 Å². The molecule has 8 heteroatoms. The van der Waals surface area contributed by atoms with Gasteiger partial charge in [-0.25, -0.2) is 0 Å². The van der Waals surface area contributed by atoms with Crippen LogP contribution in [-0.2, 0) is 0 Å². The van der Waals surface area contributed by atoms with Crippen molar-refractivity contribution in [2.24, 2.45) is 5.10 Å². The Balaban J connectivity index is 2.05. The summed E-state index contributed by atoms with van der Waals surface area (Å²) in [6, 6.07) is 10.8. The van der Waals surface area contributed by atoms with Crippen molar-refractivity contribution in [3.05, 3.63) is 66.0 Å². The topological polar surface area (TPSA) is 65.8 Å². The lowest BCUT2D eigenvalue weighted by atomic mass is 10.0. The molecule has 24 heavy (non-hydrogen) atoms. The van der Waals surface area contributed by atoms with Crippen molar-refractivity contribution in [2.75, 3.05) is 0 Å². The van der Waals surface area contributed by atoms with Crippen molar-refractivity contribution in [1.82, 2.24) is 9.99 Å². The first-order valence-corrected chi connectivity index (χ1v) is 6.99. The molecule has 0 saturated carbocycles. The summed E-state index contributed by atoms with van der Waals surface area (Å²) >= 11 is 0. The second kappa shape index (κ2) is 5.72. The number of pyridine rings is 1. The van der Waals surface area contributed by atoms with E-state index in [0.717, 1.165) is 6.20 Å². The van der Waals surface area contributed by atoms with Crippen molar-refractivity contribution >= 4 is 11.6 Å². The van der Waals surface area contributed by atoms with E-state index in [-0.39, 0.29) is 16.3 Å². The predicted octanol–water partition coefficient (Wildman–Crippen LogP) is 2.58. The first kappa shape index (κ1) is 16.1. The molecule has 1 atom stereocenters. The van der Waals surface area contributed by atoms with Crippen LogP contribution in [0.1, 0.15) is 22.3 Å². The molecule has 2 aromatic rings. The van der Waals surface area contributed by atoms with Gasteiger partial charge in [0.2, 0.25) is 0 Å². The number of benzene rings is 1. The van der Waals surface area contributed by atoms with Gasteiger partial charge in [-0.1, -0.05) is 30.3 Å². The molecule has 0 saturated heterocycles. The molecule has 1 aliphatic rings. The van der Waals surface area contributed by atoms with Gasteiger partial charge in [0, 0.05) is 12.4 Å². The Bertz CT molecular complexity index is 778. The van der Waals surface area contributed by atoms with Crippen molar-refractivity contribution in [3.8, 4) is 0 Å². The molecule has 0 aliphatic carbocycles. The van der Waals surface area contributed by atoms with Crippen molar-refractivity contribution < 1.29 is 23.1 Å². The molecule has 0 spiro atoms. The standard InChI is InChI=1S/C16H12F3N3O2/c17-16(18,19)15(24)9-13(11-5-2-1-3-6-11)21-22(15)14(23)12-7-4-8-20-10-12/h1-8,10,24H,9H2. The van der Waals surface area contributed by atoms with Crippen LogP contribution in [0.4, 0.5) is 13.2 Å². The number of carbonyl (C=O) groups is 1. The highest BCUT2D eigenvalue weighted by Gasteiger charge is 2.63. The molecular formula is C16H12F3N3O2. The number of carbonyl (C=O) groups excluding carboxylic acids is 1. The number of halogens is 3. The fraction of sp³-hybridized carbons (Fsp3) is 0.188. The lowest BCUT2D eigenvalue weighted by Gasteiger charge is -2.32. The fourth-order valence-corrected chi connectivity index (χ4v) is 2.38. The zero-order valence-corrected chi connectivity index (χ0v) is 12.2. The third-order valence-electron chi connectivity index (χ3n) is 3.65. The Kier molecular flexibility index (Phi) is 3.84. The van der Waals surface area contributed by atoms with E-state index in [1.165, 1.54) is 18.3 Å². The molecule has 2 heterocycles. The summed E-state index contributed by atoms with van der Waals surface area (Å²) in [7, 11) is 0. The second-order valence-corrected chi connectivity index (χ2v) is 5.26. The van der Waals surface area contributed by atoms with E-state index in [9.17, 15) is 23.1 Å². The van der Waals surface area contributed by atoms with Crippen molar-refractivity contribution in [2.45, 2.75) is 18.3 Å². The molecule has 0 bridgehead atoms. The number of nitrogens with zero attached hydrogens (tertiary/aromatic N) is 3. The molecule has 3 rings (SSSR count). The van der Waals surface area contributed by atoms with Crippen LogP contribution >= 0.6 is 0 Å². The van der Waals surface area contributed by atoms with E-state index >= 15 is 0 Å². The summed E-state index contributed by atoms with van der Waals surface area (Å²) in [5, 5.41) is 14.0. The summed E-state index contributed by atoms with van der Waals surface area (Å²) in [6.07, 6.45) is -3.40. The van der Waals surface area contributed by atoms with E-state index in [0.29, 0.717) is 5.56 Å². The van der Waals surface area contributed by atoms with Gasteiger partial charge in [-0.15, -0.1) is 0 Å². The molecule has 1 aliphatic heterocycles. The van der Waals surface area contributed by atoms with Crippen LogP contribution in [0.3, 0.4) is 0 Å². The number of aromatic nitrogens is 1. The van der Waals surface area contributed by atoms with Gasteiger partial charge in [0.15, 0.2) is 0 Å². The van der Waals surface area contributed by atoms with E-state index in [4.69, 9.17) is 0 Å². The number of hydrazone groups is 1. The Morgan fingerprint density at radius 1 is 1.17 bits per heavy atom. The van der Waals surface area contributed by atoms with E-state index in [1.54, 1.807) is 30.3 Å². The van der Waals surface area contributed by atoms with E-state index in [1.807, 2.05) is 0 Å². The van der Waals surface area contributed by atoms with Crippen LogP contribution in [0.15, 0.2) is 60.0 Å². The fourth-order valence-electron chi connectivity index (χ4n) is 2.38. The Morgan fingerprint density at radius 3 is 2.46 bits per heavy atom. The average Bonchev–Trinajstić information content (AvgIpc) is 2.95. The highest BCUT2D eigenvalue weighted by Crippen LogP contribution is 2.41. The normalized spacial score (nSPS) is 20.8. The van der Waals surface area contributed by atoms with E-state index < -0.39 is 24.2 Å². The maximum atomic E-state index is 13.4. The van der Waals surface area contributed by atoms with Crippen LogP contribution in [0.2, 0.25) is 0 Å². The molecule has 124 valence electrons. The predicted molar refractivity (Wildman–Crippen MR) is 79.0 cm³/mol. The highest BCUT2D eigenvalue weighted by atomic mass is 19.4. The van der Waals surface area contributed by atoms with Crippen LogP contribution in [0, 0.1) is 0 Å². The first-order valence-electron chi connectivity index (χ1n) is 6.99. The quantitative estimate of drug-likeness (QED) is 0.917. The molecule has 5 nitrogen and oxygen atoms in total. The maximum absolute atomic E-state index is 13.4. The summed E-state index contributed by atoms with van der Waals surface area (Å²) in [5.41, 5.74) is -3.11. The van der Waals surface area contributed by atoms with Crippen LogP contribution in [0.5, 0.6) is 0 Å². The minimum atomic E-state index is -5.06. The Labute approximate surface area is 135 Å². The zero-order chi connectivity index (χ0) is 17.4. The lowest BCUT2D eigenvalue weighted by Crippen LogP contribution is -2.56. The third-order valence-corrected chi connectivity index (χ3v) is 3.65. The molecule has 1 amide bonds. The molecule has 1 aromatic carbocycles. The minimum absolute atomic E-state index is 0.0207. The number of alkyl halides is 3. The molecule has 0 fully saturated rings. The van der Waals surface area contributed by atoms with Gasteiger partial charge in [0.25, 0.3) is 11.6 Å². The van der Waals surface area contributed by atoms with Gasteiger partial charge in [-0.2, -0.15) is 23.3 Å². The van der Waals surface area contributed by atoms with Gasteiger partial charge in [0.05, 0.1) is 17.7 Å². The molecule has 1 unspecified atom stereocenters. The number of hydrogen-bond donors (Lipinski definition) is 1. The smallest absolute Gasteiger partial charge is 0.362 e. The van der Waals surface area contributed by atoms with Crippen LogP contribution in [0.25, 0.3) is 0 Å². The molecule has 1 N–H and O–H groups in total. The second-order valence-electron chi connectivity index (χ2n) is 5.26. The number of hydrogen-bond acceptors (Lipinski definition) is 4. The van der Waals surface area contributed by atoms with Crippen molar-refractivity contribution in [3.63, 3.8) is 0 Å². The van der Waals surface area contributed by atoms with Gasteiger partial charge in [-0.3, -0.25) is 9.78 Å². The van der Waals surface area contributed by atoms with E-state index in [2.05, 4.69) is 10.1 Å². The average molecular weight is 335 g/mol. The van der Waals surface area contributed by atoms with Crippen molar-refractivity contribution in [1.29, 1.82) is 0 Å². The lowest BCUT2D eigenvalue weighted by molar-refractivity contribution is -0.297. The maximum Gasteiger partial charge on any atom is 0.438 e. The Morgan fingerprint density at radius 2 is 1.88 bits per heavy atom. The minimum Gasteiger partial charge on any atom is -0.362 e. The monoisotopic (exact) mass is 335 g/mol. The first-order chi connectivity index (χ1) is 11.3. The number of aliphatic hydroxyl groups is 1. The van der Waals surface area contributed by atoms with Crippen LogP contribution in [-0.4, -0.2) is 38.6 Å². The molecule has 0 radical (unpaired) electrons. The summed E-state index contributed by atoms with van der Waals surface area (Å²) < 4.78 is 40.3. The summed E-state index contributed by atoms with van der Waals surface area (Å²) in [5.74, 6) is -1.08. The highest BCUT2D eigenvalue weighted by molar-refractivity contribution is 6.05. The van der Waals surface area contributed by atoms with Crippen LogP contribution < -0.4 is 0 Å². The SMILES string of the molecule is O=C(c1cccnc1)N1N=C(c2ccccc2)CC1(O)C(F)(F)F. The largest absolute Gasteiger partial charge is 0.438 e. The van der Waals surface area contributed by atoms with Gasteiger partial charge in [0.1, 0.15) is 0 Å². The number of rotatable bonds is 2. The Hall–Kier alpha value is -2.74. The zero-order valence-electron chi connectivity index (χ0n) is 12.2.